The molecule has 3 aromatic carbocycles. The van der Waals surface area contributed by atoms with Gasteiger partial charge in [-0.2, -0.15) is 0 Å². The van der Waals surface area contributed by atoms with Gasteiger partial charge in [0.05, 0.1) is 11.4 Å². The lowest BCUT2D eigenvalue weighted by molar-refractivity contribution is -0.127. The quantitative estimate of drug-likeness (QED) is 0.451. The van der Waals surface area contributed by atoms with Gasteiger partial charge in [0.25, 0.3) is 5.91 Å². The number of hydrogen-bond donors (Lipinski definition) is 1. The van der Waals surface area contributed by atoms with Gasteiger partial charge in [0.15, 0.2) is 0 Å². The van der Waals surface area contributed by atoms with E-state index < -0.39 is 11.6 Å². The van der Waals surface area contributed by atoms with Crippen LogP contribution in [0.25, 0.3) is 0 Å². The largest absolute Gasteiger partial charge is 0.349 e. The summed E-state index contributed by atoms with van der Waals surface area (Å²) in [6.07, 6.45) is 0. The molecule has 1 aliphatic rings. The molecule has 1 N–H and O–H groups in total. The molecule has 2 amide bonds. The van der Waals surface area contributed by atoms with Gasteiger partial charge in [0, 0.05) is 27.7 Å². The van der Waals surface area contributed by atoms with Crippen molar-refractivity contribution in [2.45, 2.75) is 52.2 Å². The molecular formula is C29H31ClN4O2. The van der Waals surface area contributed by atoms with Crippen molar-refractivity contribution >= 4 is 40.7 Å². The van der Waals surface area contributed by atoms with Crippen LogP contribution in [0.5, 0.6) is 0 Å². The summed E-state index contributed by atoms with van der Waals surface area (Å²) in [5, 5.41) is 3.69. The number of nitrogens with one attached hydrogen (secondary N) is 1. The van der Waals surface area contributed by atoms with E-state index in [1.807, 2.05) is 82.0 Å². The highest BCUT2D eigenvalue weighted by Crippen LogP contribution is 2.38. The molecule has 0 radical (unpaired) electrons. The molecule has 36 heavy (non-hydrogen) atoms. The van der Waals surface area contributed by atoms with E-state index in [2.05, 4.69) is 5.32 Å². The van der Waals surface area contributed by atoms with Gasteiger partial charge in [0.1, 0.15) is 6.04 Å². The fourth-order valence-electron chi connectivity index (χ4n) is 4.27. The van der Waals surface area contributed by atoms with Crippen molar-refractivity contribution in [3.8, 4) is 0 Å². The summed E-state index contributed by atoms with van der Waals surface area (Å²) in [7, 11) is 0. The molecule has 1 atom stereocenters. The Morgan fingerprint density at radius 2 is 1.56 bits per heavy atom. The van der Waals surface area contributed by atoms with Gasteiger partial charge in [0.2, 0.25) is 11.9 Å². The number of para-hydroxylation sites is 1. The first kappa shape index (κ1) is 25.5. The zero-order valence-electron chi connectivity index (χ0n) is 21.2. The molecule has 7 heteroatoms. The normalized spacial score (nSPS) is 15.2. The summed E-state index contributed by atoms with van der Waals surface area (Å²) < 4.78 is 0. The molecule has 3 aromatic rings. The van der Waals surface area contributed by atoms with E-state index in [9.17, 15) is 9.59 Å². The van der Waals surface area contributed by atoms with Crippen LogP contribution in [0.1, 0.15) is 56.6 Å². The van der Waals surface area contributed by atoms with Crippen molar-refractivity contribution in [1.29, 1.82) is 0 Å². The van der Waals surface area contributed by atoms with Gasteiger partial charge >= 0.3 is 0 Å². The van der Waals surface area contributed by atoms with E-state index in [1.165, 1.54) is 0 Å². The van der Waals surface area contributed by atoms with E-state index in [0.717, 1.165) is 5.56 Å². The van der Waals surface area contributed by atoms with Crippen molar-refractivity contribution in [2.24, 2.45) is 4.99 Å². The number of benzene rings is 3. The number of rotatable bonds is 4. The average molecular weight is 503 g/mol. The molecule has 0 saturated heterocycles. The lowest BCUT2D eigenvalue weighted by atomic mass is 9.97. The number of guanidine groups is 1. The SMILES string of the molecule is CC(C)N1C(N(C(=O)c2ccccc2)c2ccc(Cl)cc2)=Nc2ccccc2C1C(=O)NC(C)(C)C. The van der Waals surface area contributed by atoms with Gasteiger partial charge in [-0.15, -0.1) is 0 Å². The number of amides is 2. The molecule has 1 unspecified atom stereocenters. The van der Waals surface area contributed by atoms with Crippen molar-refractivity contribution in [3.05, 3.63) is 95.0 Å². The number of halogens is 1. The molecule has 0 spiro atoms. The second-order valence-electron chi connectivity index (χ2n) is 10.1. The predicted molar refractivity (Wildman–Crippen MR) is 146 cm³/mol. The van der Waals surface area contributed by atoms with E-state index >= 15 is 0 Å². The Morgan fingerprint density at radius 1 is 0.944 bits per heavy atom. The first-order valence-corrected chi connectivity index (χ1v) is 12.4. The Balaban J connectivity index is 1.94. The second kappa shape index (κ2) is 10.2. The van der Waals surface area contributed by atoms with Crippen molar-refractivity contribution in [2.75, 3.05) is 4.90 Å². The van der Waals surface area contributed by atoms with Crippen LogP contribution in [-0.4, -0.2) is 34.3 Å². The molecule has 0 fully saturated rings. The van der Waals surface area contributed by atoms with Crippen molar-refractivity contribution in [1.82, 2.24) is 10.2 Å². The summed E-state index contributed by atoms with van der Waals surface area (Å²) in [6, 6.07) is 22.9. The van der Waals surface area contributed by atoms with Crippen LogP contribution >= 0.6 is 11.6 Å². The van der Waals surface area contributed by atoms with Crippen LogP contribution in [-0.2, 0) is 4.79 Å². The standard InChI is InChI=1S/C29H31ClN4O2/c1-19(2)33-25(26(35)32-29(3,4)5)23-13-9-10-14-24(23)31-28(33)34(22-17-15-21(30)16-18-22)27(36)20-11-7-6-8-12-20/h6-19,25H,1-5H3,(H,32,35). The van der Waals surface area contributed by atoms with Gasteiger partial charge in [-0.25, -0.2) is 9.89 Å². The Labute approximate surface area is 217 Å². The summed E-state index contributed by atoms with van der Waals surface area (Å²) in [4.78, 5) is 36.2. The maximum absolute atomic E-state index is 14.0. The minimum Gasteiger partial charge on any atom is -0.349 e. The number of carbonyl (C=O) groups excluding carboxylic acids is 2. The van der Waals surface area contributed by atoms with Gasteiger partial charge < -0.3 is 10.2 Å². The fourth-order valence-corrected chi connectivity index (χ4v) is 4.40. The number of aliphatic imine (C=N–C) groups is 1. The molecule has 4 rings (SSSR count). The smallest absolute Gasteiger partial charge is 0.265 e. The molecular weight excluding hydrogens is 472 g/mol. The first-order chi connectivity index (χ1) is 17.1. The van der Waals surface area contributed by atoms with Crippen LogP contribution in [0.15, 0.2) is 83.9 Å². The number of carbonyl (C=O) groups is 2. The molecule has 6 nitrogen and oxygen atoms in total. The number of anilines is 1. The third kappa shape index (κ3) is 5.29. The van der Waals surface area contributed by atoms with Gasteiger partial charge in [-0.3, -0.25) is 9.59 Å². The minimum atomic E-state index is -0.675. The maximum atomic E-state index is 14.0. The van der Waals surface area contributed by atoms with E-state index in [-0.39, 0.29) is 17.9 Å². The summed E-state index contributed by atoms with van der Waals surface area (Å²) in [5.74, 6) is -0.0233. The highest BCUT2D eigenvalue weighted by molar-refractivity contribution is 6.31. The minimum absolute atomic E-state index is 0.147. The highest BCUT2D eigenvalue weighted by Gasteiger charge is 2.41. The Hall–Kier alpha value is -3.64. The number of nitrogens with zero attached hydrogens (tertiary/aromatic N) is 3. The van der Waals surface area contributed by atoms with E-state index in [4.69, 9.17) is 16.6 Å². The maximum Gasteiger partial charge on any atom is 0.265 e. The third-order valence-electron chi connectivity index (χ3n) is 5.77. The Bertz CT molecular complexity index is 1280. The third-order valence-corrected chi connectivity index (χ3v) is 6.02. The van der Waals surface area contributed by atoms with Crippen LogP contribution in [0, 0.1) is 0 Å². The van der Waals surface area contributed by atoms with Crippen molar-refractivity contribution in [3.63, 3.8) is 0 Å². The summed E-state index contributed by atoms with van der Waals surface area (Å²) in [5.41, 5.74) is 2.12. The van der Waals surface area contributed by atoms with Crippen LogP contribution in [0.4, 0.5) is 11.4 Å². The fraction of sp³-hybridized carbons (Fsp3) is 0.276. The second-order valence-corrected chi connectivity index (χ2v) is 10.5. The van der Waals surface area contributed by atoms with Crippen LogP contribution in [0.3, 0.4) is 0 Å². The lowest BCUT2D eigenvalue weighted by Crippen LogP contribution is -2.57. The number of hydrogen-bond acceptors (Lipinski definition) is 4. The zero-order chi connectivity index (χ0) is 26.0. The molecule has 186 valence electrons. The zero-order valence-corrected chi connectivity index (χ0v) is 22.0. The highest BCUT2D eigenvalue weighted by atomic mass is 35.5. The molecule has 0 aromatic heterocycles. The molecule has 0 aliphatic carbocycles. The van der Waals surface area contributed by atoms with Crippen molar-refractivity contribution < 1.29 is 9.59 Å². The topological polar surface area (TPSA) is 65.0 Å². The predicted octanol–water partition coefficient (Wildman–Crippen LogP) is 6.35. The summed E-state index contributed by atoms with van der Waals surface area (Å²) in [6.45, 7) is 9.84. The van der Waals surface area contributed by atoms with Crippen LogP contribution in [0.2, 0.25) is 5.02 Å². The van der Waals surface area contributed by atoms with Gasteiger partial charge in [-0.05, 0) is 77.1 Å². The van der Waals surface area contributed by atoms with E-state index in [0.29, 0.717) is 27.9 Å². The molecule has 0 saturated carbocycles. The first-order valence-electron chi connectivity index (χ1n) is 12.0. The Kier molecular flexibility index (Phi) is 7.18. The van der Waals surface area contributed by atoms with Crippen LogP contribution < -0.4 is 10.2 Å². The monoisotopic (exact) mass is 502 g/mol. The summed E-state index contributed by atoms with van der Waals surface area (Å²) >= 11 is 6.17. The molecule has 1 aliphatic heterocycles. The lowest BCUT2D eigenvalue weighted by Gasteiger charge is -2.43. The van der Waals surface area contributed by atoms with Gasteiger partial charge in [-0.1, -0.05) is 48.0 Å². The molecule has 0 bridgehead atoms. The molecule has 1 heterocycles. The van der Waals surface area contributed by atoms with E-state index in [1.54, 1.807) is 41.3 Å². The number of fused-ring (bicyclic) bond motifs is 1. The average Bonchev–Trinajstić information content (AvgIpc) is 2.83. The Morgan fingerprint density at radius 3 is 2.17 bits per heavy atom.